The Balaban J connectivity index is 1.65. The van der Waals surface area contributed by atoms with Crippen LogP contribution in [-0.4, -0.2) is 29.8 Å². The van der Waals surface area contributed by atoms with E-state index >= 15 is 0 Å². The van der Waals surface area contributed by atoms with E-state index in [1.54, 1.807) is 4.90 Å². The Morgan fingerprint density at radius 2 is 1.81 bits per heavy atom. The molecule has 3 rings (SSSR count). The Labute approximate surface area is 94.0 Å². The van der Waals surface area contributed by atoms with E-state index in [0.29, 0.717) is 18.3 Å². The summed E-state index contributed by atoms with van der Waals surface area (Å²) < 4.78 is 27.2. The third-order valence-corrected chi connectivity index (χ3v) is 4.38. The zero-order valence-electron chi connectivity index (χ0n) is 9.35. The number of hydrogen-bond acceptors (Lipinski definition) is 1. The zero-order chi connectivity index (χ0) is 11.4. The van der Waals surface area contributed by atoms with Crippen LogP contribution in [0.5, 0.6) is 0 Å². The summed E-state index contributed by atoms with van der Waals surface area (Å²) in [7, 11) is 0. The molecule has 2 saturated carbocycles. The Hall–Kier alpha value is -0.670. The number of nitrogens with zero attached hydrogens (tertiary/aromatic N) is 1. The Morgan fingerprint density at radius 3 is 2.38 bits per heavy atom. The molecule has 0 aromatic carbocycles. The minimum Gasteiger partial charge on any atom is -0.341 e. The number of halogens is 2. The van der Waals surface area contributed by atoms with Gasteiger partial charge in [-0.25, -0.2) is 8.78 Å². The van der Waals surface area contributed by atoms with Gasteiger partial charge in [0, 0.05) is 24.9 Å². The first kappa shape index (κ1) is 10.5. The van der Waals surface area contributed by atoms with Gasteiger partial charge in [0.05, 0.1) is 0 Å². The number of rotatable bonds is 1. The molecular formula is C12H17F2NO. The van der Waals surface area contributed by atoms with Crippen molar-refractivity contribution in [3.63, 3.8) is 0 Å². The second-order valence-corrected chi connectivity index (χ2v) is 5.75. The van der Waals surface area contributed by atoms with E-state index in [1.807, 2.05) is 0 Å². The van der Waals surface area contributed by atoms with Gasteiger partial charge >= 0.3 is 0 Å². The van der Waals surface area contributed by atoms with E-state index in [-0.39, 0.29) is 12.3 Å². The average molecular weight is 229 g/mol. The van der Waals surface area contributed by atoms with Crippen molar-refractivity contribution in [1.82, 2.24) is 4.90 Å². The highest BCUT2D eigenvalue weighted by Crippen LogP contribution is 2.53. The second kappa shape index (κ2) is 3.17. The third-order valence-electron chi connectivity index (χ3n) is 4.38. The van der Waals surface area contributed by atoms with E-state index in [9.17, 15) is 13.6 Å². The number of carbonyl (C=O) groups excluding carboxylic acids is 1. The van der Waals surface area contributed by atoms with Gasteiger partial charge < -0.3 is 4.90 Å². The van der Waals surface area contributed by atoms with Crippen molar-refractivity contribution in [3.05, 3.63) is 0 Å². The molecule has 3 fully saturated rings. The fraction of sp³-hybridized carbons (Fsp3) is 0.917. The number of amides is 1. The molecule has 1 spiro atoms. The van der Waals surface area contributed by atoms with Crippen LogP contribution in [-0.2, 0) is 4.79 Å². The van der Waals surface area contributed by atoms with Crippen LogP contribution < -0.4 is 0 Å². The van der Waals surface area contributed by atoms with Crippen LogP contribution in [0.1, 0.15) is 38.5 Å². The van der Waals surface area contributed by atoms with E-state index in [1.165, 1.54) is 12.8 Å². The molecule has 0 aromatic rings. The largest absolute Gasteiger partial charge is 0.341 e. The highest BCUT2D eigenvalue weighted by molar-refractivity contribution is 5.81. The summed E-state index contributed by atoms with van der Waals surface area (Å²) in [5.41, 5.74) is 0.361. The van der Waals surface area contributed by atoms with Crippen molar-refractivity contribution >= 4 is 5.91 Å². The van der Waals surface area contributed by atoms with Gasteiger partial charge in [-0.05, 0) is 25.7 Å². The van der Waals surface area contributed by atoms with Crippen LogP contribution in [0.4, 0.5) is 8.78 Å². The van der Waals surface area contributed by atoms with Gasteiger partial charge in [0.15, 0.2) is 0 Å². The van der Waals surface area contributed by atoms with Gasteiger partial charge in [0.1, 0.15) is 5.92 Å². The maximum Gasteiger partial charge on any atom is 0.259 e. The molecule has 2 nitrogen and oxygen atoms in total. The summed E-state index contributed by atoms with van der Waals surface area (Å²) in [4.78, 5) is 13.6. The minimum atomic E-state index is -2.76. The predicted octanol–water partition coefficient (Wildman–Crippen LogP) is 2.43. The Morgan fingerprint density at radius 1 is 1.12 bits per heavy atom. The average Bonchev–Trinajstić information content (AvgIpc) is 2.93. The lowest BCUT2D eigenvalue weighted by atomic mass is 9.83. The molecule has 0 radical (unpaired) electrons. The molecule has 1 amide bonds. The monoisotopic (exact) mass is 229 g/mol. The van der Waals surface area contributed by atoms with Crippen LogP contribution >= 0.6 is 0 Å². The van der Waals surface area contributed by atoms with E-state index in [4.69, 9.17) is 0 Å². The van der Waals surface area contributed by atoms with Gasteiger partial charge in [-0.1, -0.05) is 6.42 Å². The van der Waals surface area contributed by atoms with E-state index in [0.717, 1.165) is 19.5 Å². The quantitative estimate of drug-likeness (QED) is 0.676. The lowest BCUT2D eigenvalue weighted by Gasteiger charge is -2.43. The van der Waals surface area contributed by atoms with Gasteiger partial charge in [0.2, 0.25) is 5.91 Å². The Bertz CT molecular complexity index is 317. The fourth-order valence-corrected chi connectivity index (χ4v) is 3.03. The van der Waals surface area contributed by atoms with Crippen LogP contribution in [0.15, 0.2) is 0 Å². The number of likely N-dealkylation sites (tertiary alicyclic amines) is 1. The van der Waals surface area contributed by atoms with Crippen molar-refractivity contribution in [1.29, 1.82) is 0 Å². The fourth-order valence-electron chi connectivity index (χ4n) is 3.03. The smallest absolute Gasteiger partial charge is 0.259 e. The predicted molar refractivity (Wildman–Crippen MR) is 55.2 cm³/mol. The van der Waals surface area contributed by atoms with Gasteiger partial charge in [0.25, 0.3) is 5.92 Å². The maximum absolute atomic E-state index is 13.6. The lowest BCUT2D eigenvalue weighted by Crippen LogP contribution is -2.56. The van der Waals surface area contributed by atoms with Gasteiger partial charge in [-0.2, -0.15) is 0 Å². The van der Waals surface area contributed by atoms with Crippen LogP contribution in [0.25, 0.3) is 0 Å². The standard InChI is InChI=1S/C12H17F2NO/c13-12(14)4-2-1-3-9(12)10(16)15-7-11(8-15)5-6-11/h9H,1-8H2/t9-/m1/s1. The Kier molecular flexibility index (Phi) is 2.08. The molecule has 1 heterocycles. The molecule has 1 saturated heterocycles. The van der Waals surface area contributed by atoms with Crippen molar-refractivity contribution in [2.75, 3.05) is 13.1 Å². The first-order chi connectivity index (χ1) is 7.53. The summed E-state index contributed by atoms with van der Waals surface area (Å²) in [6.07, 6.45) is 3.94. The summed E-state index contributed by atoms with van der Waals surface area (Å²) in [6.45, 7) is 1.47. The highest BCUT2D eigenvalue weighted by atomic mass is 19.3. The van der Waals surface area contributed by atoms with E-state index < -0.39 is 11.8 Å². The zero-order valence-corrected chi connectivity index (χ0v) is 9.35. The molecule has 1 atom stereocenters. The molecule has 0 bridgehead atoms. The number of hydrogen-bond donors (Lipinski definition) is 0. The summed E-state index contributed by atoms with van der Waals surface area (Å²) in [5.74, 6) is -4.08. The first-order valence-electron chi connectivity index (χ1n) is 6.19. The maximum atomic E-state index is 13.6. The normalized spacial score (nSPS) is 34.6. The topological polar surface area (TPSA) is 20.3 Å². The molecular weight excluding hydrogens is 212 g/mol. The van der Waals surface area contributed by atoms with Gasteiger partial charge in [-0.15, -0.1) is 0 Å². The van der Waals surface area contributed by atoms with Crippen LogP contribution in [0.2, 0.25) is 0 Å². The van der Waals surface area contributed by atoms with Crippen molar-refractivity contribution in [2.24, 2.45) is 11.3 Å². The second-order valence-electron chi connectivity index (χ2n) is 5.75. The van der Waals surface area contributed by atoms with Crippen LogP contribution in [0.3, 0.4) is 0 Å². The molecule has 3 aliphatic rings. The molecule has 0 N–H and O–H groups in total. The van der Waals surface area contributed by atoms with Crippen LogP contribution in [0, 0.1) is 11.3 Å². The molecule has 90 valence electrons. The third kappa shape index (κ3) is 1.54. The molecule has 0 unspecified atom stereocenters. The molecule has 2 aliphatic carbocycles. The highest BCUT2D eigenvalue weighted by Gasteiger charge is 2.56. The van der Waals surface area contributed by atoms with Crippen molar-refractivity contribution in [2.45, 2.75) is 44.4 Å². The molecule has 1 aliphatic heterocycles. The van der Waals surface area contributed by atoms with Gasteiger partial charge in [-0.3, -0.25) is 4.79 Å². The first-order valence-corrected chi connectivity index (χ1v) is 6.19. The summed E-state index contributed by atoms with van der Waals surface area (Å²) in [5, 5.41) is 0. The number of alkyl halides is 2. The molecule has 16 heavy (non-hydrogen) atoms. The number of carbonyl (C=O) groups is 1. The van der Waals surface area contributed by atoms with Crippen molar-refractivity contribution in [3.8, 4) is 0 Å². The lowest BCUT2D eigenvalue weighted by molar-refractivity contribution is -0.163. The molecule has 4 heteroatoms. The minimum absolute atomic E-state index is 0.109. The summed E-state index contributed by atoms with van der Waals surface area (Å²) >= 11 is 0. The SMILES string of the molecule is O=C([C@H]1CCCCC1(F)F)N1CC2(CC2)C1. The molecule has 0 aromatic heterocycles. The summed E-state index contributed by atoms with van der Waals surface area (Å²) in [6, 6.07) is 0. The van der Waals surface area contributed by atoms with E-state index in [2.05, 4.69) is 0 Å². The van der Waals surface area contributed by atoms with Crippen molar-refractivity contribution < 1.29 is 13.6 Å².